The van der Waals surface area contributed by atoms with Gasteiger partial charge in [-0.15, -0.1) is 11.3 Å². The second-order valence-electron chi connectivity index (χ2n) is 3.84. The Morgan fingerprint density at radius 1 is 1.44 bits per heavy atom. The summed E-state index contributed by atoms with van der Waals surface area (Å²) in [5.74, 6) is -0.239. The third-order valence-electron chi connectivity index (χ3n) is 2.54. The van der Waals surface area contributed by atoms with Crippen molar-refractivity contribution in [1.82, 2.24) is 10.3 Å². The number of hydrogen-bond acceptors (Lipinski definition) is 3. The van der Waals surface area contributed by atoms with Crippen molar-refractivity contribution in [2.75, 3.05) is 13.1 Å². The lowest BCUT2D eigenvalue weighted by molar-refractivity contribution is 0.630. The molecular formula is C13H14BrFN2S. The summed E-state index contributed by atoms with van der Waals surface area (Å²) in [7, 11) is 0. The molecule has 5 heteroatoms. The molecule has 18 heavy (non-hydrogen) atoms. The van der Waals surface area contributed by atoms with Crippen molar-refractivity contribution in [3.8, 4) is 10.6 Å². The molecule has 0 amide bonds. The van der Waals surface area contributed by atoms with E-state index in [0.29, 0.717) is 5.56 Å². The number of nitrogens with zero attached hydrogens (tertiary/aromatic N) is 1. The van der Waals surface area contributed by atoms with Crippen LogP contribution in [0.5, 0.6) is 0 Å². The summed E-state index contributed by atoms with van der Waals surface area (Å²) < 4.78 is 14.5. The highest BCUT2D eigenvalue weighted by molar-refractivity contribution is 9.10. The molecule has 0 unspecified atom stereocenters. The predicted molar refractivity (Wildman–Crippen MR) is 77.5 cm³/mol. The largest absolute Gasteiger partial charge is 0.317 e. The molecule has 0 aliphatic carbocycles. The molecule has 1 heterocycles. The van der Waals surface area contributed by atoms with E-state index in [9.17, 15) is 4.39 Å². The quantitative estimate of drug-likeness (QED) is 0.843. The summed E-state index contributed by atoms with van der Waals surface area (Å²) in [6.45, 7) is 3.93. The van der Waals surface area contributed by atoms with Gasteiger partial charge in [0.15, 0.2) is 0 Å². The van der Waals surface area contributed by atoms with Crippen molar-refractivity contribution in [2.24, 2.45) is 0 Å². The van der Waals surface area contributed by atoms with Gasteiger partial charge in [0.1, 0.15) is 10.8 Å². The van der Waals surface area contributed by atoms with Gasteiger partial charge in [0.2, 0.25) is 0 Å². The Bertz CT molecular complexity index is 507. The van der Waals surface area contributed by atoms with E-state index in [2.05, 4.69) is 33.2 Å². The average Bonchev–Trinajstić information content (AvgIpc) is 2.78. The third kappa shape index (κ3) is 3.16. The molecule has 0 bridgehead atoms. The number of aromatic nitrogens is 1. The Balaban J connectivity index is 2.19. The van der Waals surface area contributed by atoms with E-state index < -0.39 is 0 Å². The number of likely N-dealkylation sites (N-methyl/N-ethyl adjacent to an activating group) is 1. The summed E-state index contributed by atoms with van der Waals surface area (Å²) in [6.07, 6.45) is 0.871. The van der Waals surface area contributed by atoms with Crippen LogP contribution in [0.25, 0.3) is 10.6 Å². The second-order valence-corrected chi connectivity index (χ2v) is 5.56. The van der Waals surface area contributed by atoms with E-state index in [0.717, 1.165) is 34.7 Å². The highest BCUT2D eigenvalue weighted by atomic mass is 79.9. The molecule has 2 rings (SSSR count). The summed E-state index contributed by atoms with van der Waals surface area (Å²) in [4.78, 5) is 4.48. The number of nitrogens with one attached hydrogen (secondary N) is 1. The SMILES string of the molecule is CCNCCc1csc(-c2c(F)cccc2Br)n1. The lowest BCUT2D eigenvalue weighted by Crippen LogP contribution is -2.16. The van der Waals surface area contributed by atoms with Crippen LogP contribution in [0.4, 0.5) is 4.39 Å². The van der Waals surface area contributed by atoms with Gasteiger partial charge in [-0.3, -0.25) is 0 Å². The van der Waals surface area contributed by atoms with Crippen LogP contribution in [0.15, 0.2) is 28.1 Å². The van der Waals surface area contributed by atoms with Gasteiger partial charge in [-0.05, 0) is 34.6 Å². The van der Waals surface area contributed by atoms with Gasteiger partial charge in [0, 0.05) is 22.8 Å². The Morgan fingerprint density at radius 3 is 3.00 bits per heavy atom. The molecule has 2 aromatic rings. The fourth-order valence-electron chi connectivity index (χ4n) is 1.63. The maximum atomic E-state index is 13.8. The minimum Gasteiger partial charge on any atom is -0.317 e. The summed E-state index contributed by atoms with van der Waals surface area (Å²) in [5.41, 5.74) is 1.56. The van der Waals surface area contributed by atoms with Gasteiger partial charge in [-0.2, -0.15) is 0 Å². The average molecular weight is 329 g/mol. The van der Waals surface area contributed by atoms with Crippen molar-refractivity contribution < 1.29 is 4.39 Å². The van der Waals surface area contributed by atoms with E-state index in [1.165, 1.54) is 17.4 Å². The van der Waals surface area contributed by atoms with Crippen LogP contribution >= 0.6 is 27.3 Å². The van der Waals surface area contributed by atoms with Crippen LogP contribution in [0, 0.1) is 5.82 Å². The Kier molecular flexibility index (Phi) is 4.86. The van der Waals surface area contributed by atoms with Gasteiger partial charge in [0.05, 0.1) is 11.3 Å². The molecule has 0 aliphatic heterocycles. The number of thiazole rings is 1. The van der Waals surface area contributed by atoms with Gasteiger partial charge in [0.25, 0.3) is 0 Å². The predicted octanol–water partition coefficient (Wildman–Crippen LogP) is 3.86. The first kappa shape index (κ1) is 13.6. The van der Waals surface area contributed by atoms with Gasteiger partial charge >= 0.3 is 0 Å². The van der Waals surface area contributed by atoms with Gasteiger partial charge in [-0.1, -0.05) is 13.0 Å². The first-order chi connectivity index (χ1) is 8.72. The first-order valence-electron chi connectivity index (χ1n) is 5.82. The van der Waals surface area contributed by atoms with Crippen molar-refractivity contribution in [1.29, 1.82) is 0 Å². The second kappa shape index (κ2) is 6.41. The van der Waals surface area contributed by atoms with Gasteiger partial charge < -0.3 is 5.32 Å². The zero-order valence-electron chi connectivity index (χ0n) is 10.0. The molecule has 1 aromatic heterocycles. The standard InChI is InChI=1S/C13H14BrFN2S/c1-2-16-7-6-9-8-18-13(17-9)12-10(14)4-3-5-11(12)15/h3-5,8,16H,2,6-7H2,1H3. The summed E-state index contributed by atoms with van der Waals surface area (Å²) in [5, 5.41) is 5.97. The fraction of sp³-hybridized carbons (Fsp3) is 0.308. The monoisotopic (exact) mass is 328 g/mol. The molecule has 0 fully saturated rings. The zero-order chi connectivity index (χ0) is 13.0. The molecule has 0 atom stereocenters. The van der Waals surface area contributed by atoms with E-state index in [1.54, 1.807) is 6.07 Å². The molecular weight excluding hydrogens is 315 g/mol. The number of benzene rings is 1. The van der Waals surface area contributed by atoms with E-state index in [1.807, 2.05) is 11.4 Å². The fourth-order valence-corrected chi connectivity index (χ4v) is 3.21. The van der Waals surface area contributed by atoms with Crippen LogP contribution in [-0.4, -0.2) is 18.1 Å². The van der Waals surface area contributed by atoms with Gasteiger partial charge in [-0.25, -0.2) is 9.37 Å². The molecule has 96 valence electrons. The van der Waals surface area contributed by atoms with Crippen LogP contribution < -0.4 is 5.32 Å². The van der Waals surface area contributed by atoms with E-state index in [-0.39, 0.29) is 5.82 Å². The molecule has 0 spiro atoms. The lowest BCUT2D eigenvalue weighted by Gasteiger charge is -2.02. The van der Waals surface area contributed by atoms with Crippen LogP contribution in [0.2, 0.25) is 0 Å². The number of halogens is 2. The molecule has 0 radical (unpaired) electrons. The minimum absolute atomic E-state index is 0.239. The molecule has 0 saturated carbocycles. The maximum absolute atomic E-state index is 13.8. The van der Waals surface area contributed by atoms with E-state index in [4.69, 9.17) is 0 Å². The van der Waals surface area contributed by atoms with Crippen LogP contribution in [0.3, 0.4) is 0 Å². The molecule has 2 nitrogen and oxygen atoms in total. The van der Waals surface area contributed by atoms with Crippen molar-refractivity contribution >= 4 is 27.3 Å². The molecule has 0 aliphatic rings. The smallest absolute Gasteiger partial charge is 0.134 e. The van der Waals surface area contributed by atoms with Crippen molar-refractivity contribution in [3.05, 3.63) is 39.6 Å². The maximum Gasteiger partial charge on any atom is 0.134 e. The lowest BCUT2D eigenvalue weighted by atomic mass is 10.2. The highest BCUT2D eigenvalue weighted by Crippen LogP contribution is 2.32. The molecule has 1 aromatic carbocycles. The Labute approximate surface area is 118 Å². The zero-order valence-corrected chi connectivity index (χ0v) is 12.4. The number of rotatable bonds is 5. The normalized spacial score (nSPS) is 10.8. The Morgan fingerprint density at radius 2 is 2.28 bits per heavy atom. The number of hydrogen-bond donors (Lipinski definition) is 1. The van der Waals surface area contributed by atoms with Crippen molar-refractivity contribution in [3.63, 3.8) is 0 Å². The van der Waals surface area contributed by atoms with E-state index >= 15 is 0 Å². The highest BCUT2D eigenvalue weighted by Gasteiger charge is 2.12. The first-order valence-corrected chi connectivity index (χ1v) is 7.49. The summed E-state index contributed by atoms with van der Waals surface area (Å²) >= 11 is 4.85. The third-order valence-corrected chi connectivity index (χ3v) is 4.11. The topological polar surface area (TPSA) is 24.9 Å². The summed E-state index contributed by atoms with van der Waals surface area (Å²) in [6, 6.07) is 4.97. The minimum atomic E-state index is -0.239. The van der Waals surface area contributed by atoms with Crippen LogP contribution in [-0.2, 0) is 6.42 Å². The Hall–Kier alpha value is -0.780. The van der Waals surface area contributed by atoms with Crippen LogP contribution in [0.1, 0.15) is 12.6 Å². The molecule has 1 N–H and O–H groups in total. The van der Waals surface area contributed by atoms with Crippen molar-refractivity contribution in [2.45, 2.75) is 13.3 Å². The molecule has 0 saturated heterocycles.